The second kappa shape index (κ2) is 24.4. The van der Waals surface area contributed by atoms with Gasteiger partial charge in [0, 0.05) is 19.4 Å². The van der Waals surface area contributed by atoms with E-state index in [0.29, 0.717) is 12.8 Å². The van der Waals surface area contributed by atoms with Gasteiger partial charge >= 0.3 is 13.8 Å². The smallest absolute Gasteiger partial charge is 0.463 e. The van der Waals surface area contributed by atoms with Crippen molar-refractivity contribution >= 4 is 19.7 Å². The maximum atomic E-state index is 11.9. The molecule has 0 aliphatic rings. The standard InChI is InChI=1S/C26H52NO8P/c1-3-5-6-7-8-9-10-11-12-13-14-15-16-17-19-25(29)27-20-21-34-36(31,32)35-23-24(28)22-33-26(30)18-4-2/h24,28H,3-23H2,1-2H3,(H,27,29)(H,31,32). The van der Waals surface area contributed by atoms with Crippen molar-refractivity contribution in [2.24, 2.45) is 0 Å². The molecule has 36 heavy (non-hydrogen) atoms. The predicted octanol–water partition coefficient (Wildman–Crippen LogP) is 5.81. The van der Waals surface area contributed by atoms with Gasteiger partial charge in [-0.25, -0.2) is 4.57 Å². The van der Waals surface area contributed by atoms with Gasteiger partial charge in [0.15, 0.2) is 0 Å². The number of hydrogen-bond acceptors (Lipinski definition) is 7. The van der Waals surface area contributed by atoms with Crippen molar-refractivity contribution in [1.82, 2.24) is 5.32 Å². The molecule has 0 aliphatic heterocycles. The van der Waals surface area contributed by atoms with Crippen molar-refractivity contribution in [3.05, 3.63) is 0 Å². The fourth-order valence-electron chi connectivity index (χ4n) is 3.65. The molecule has 0 aromatic rings. The molecule has 2 atom stereocenters. The number of carbonyl (C=O) groups is 2. The van der Waals surface area contributed by atoms with Crippen LogP contribution in [0, 0.1) is 0 Å². The Labute approximate surface area is 218 Å². The molecule has 0 saturated carbocycles. The van der Waals surface area contributed by atoms with Crippen LogP contribution in [0.15, 0.2) is 0 Å². The van der Waals surface area contributed by atoms with Crippen LogP contribution in [0.4, 0.5) is 0 Å². The molecule has 1 amide bonds. The SMILES string of the molecule is CCCCCCCCCCCCCCCCC(=O)NCCOP(=O)(O)OCC(O)COC(=O)CCC. The van der Waals surface area contributed by atoms with Crippen molar-refractivity contribution in [3.63, 3.8) is 0 Å². The fourth-order valence-corrected chi connectivity index (χ4v) is 4.41. The molecule has 0 aromatic heterocycles. The number of ether oxygens (including phenoxy) is 1. The first kappa shape index (κ1) is 35.0. The highest BCUT2D eigenvalue weighted by molar-refractivity contribution is 7.47. The lowest BCUT2D eigenvalue weighted by Crippen LogP contribution is -2.27. The molecule has 9 nitrogen and oxygen atoms in total. The van der Waals surface area contributed by atoms with E-state index in [0.717, 1.165) is 19.3 Å². The van der Waals surface area contributed by atoms with Crippen LogP contribution in [-0.4, -0.2) is 54.3 Å². The van der Waals surface area contributed by atoms with Gasteiger partial charge in [-0.2, -0.15) is 0 Å². The highest BCUT2D eigenvalue weighted by Crippen LogP contribution is 2.42. The largest absolute Gasteiger partial charge is 0.472 e. The first-order valence-corrected chi connectivity index (χ1v) is 15.5. The van der Waals surface area contributed by atoms with E-state index in [1.54, 1.807) is 0 Å². The molecule has 2 unspecified atom stereocenters. The topological polar surface area (TPSA) is 131 Å². The zero-order valence-corrected chi connectivity index (χ0v) is 23.6. The van der Waals surface area contributed by atoms with Crippen molar-refractivity contribution in [2.75, 3.05) is 26.4 Å². The summed E-state index contributed by atoms with van der Waals surface area (Å²) < 4.78 is 26.1. The minimum absolute atomic E-state index is 0.0858. The number of amides is 1. The van der Waals surface area contributed by atoms with Gasteiger partial charge in [-0.3, -0.25) is 18.6 Å². The Hall–Kier alpha value is -0.990. The Bertz CT molecular complexity index is 590. The van der Waals surface area contributed by atoms with Crippen molar-refractivity contribution in [3.8, 4) is 0 Å². The van der Waals surface area contributed by atoms with Crippen LogP contribution in [0.3, 0.4) is 0 Å². The molecule has 0 fully saturated rings. The summed E-state index contributed by atoms with van der Waals surface area (Å²) in [6, 6.07) is 0. The second-order valence-corrected chi connectivity index (χ2v) is 10.8. The van der Waals surface area contributed by atoms with Crippen LogP contribution >= 0.6 is 7.82 Å². The summed E-state index contributed by atoms with van der Waals surface area (Å²) in [6.45, 7) is 3.12. The summed E-state index contributed by atoms with van der Waals surface area (Å²) >= 11 is 0. The first-order valence-electron chi connectivity index (χ1n) is 14.0. The van der Waals surface area contributed by atoms with Gasteiger partial charge in [0.2, 0.25) is 5.91 Å². The molecular weight excluding hydrogens is 485 g/mol. The predicted molar refractivity (Wildman–Crippen MR) is 142 cm³/mol. The van der Waals surface area contributed by atoms with E-state index in [4.69, 9.17) is 9.26 Å². The quantitative estimate of drug-likeness (QED) is 0.0715. The Morgan fingerprint density at radius 1 is 0.750 bits per heavy atom. The third-order valence-corrected chi connectivity index (χ3v) is 6.74. The number of unbranched alkanes of at least 4 members (excludes halogenated alkanes) is 13. The minimum Gasteiger partial charge on any atom is -0.463 e. The van der Waals surface area contributed by atoms with Gasteiger partial charge in [0.05, 0.1) is 13.2 Å². The average Bonchev–Trinajstić information content (AvgIpc) is 2.84. The number of rotatable bonds is 26. The van der Waals surface area contributed by atoms with E-state index in [1.165, 1.54) is 70.6 Å². The monoisotopic (exact) mass is 537 g/mol. The summed E-state index contributed by atoms with van der Waals surface area (Å²) in [5.74, 6) is -0.569. The van der Waals surface area contributed by atoms with Gasteiger partial charge in [-0.1, -0.05) is 97.3 Å². The Morgan fingerprint density at radius 2 is 1.28 bits per heavy atom. The zero-order valence-electron chi connectivity index (χ0n) is 22.7. The molecule has 10 heteroatoms. The zero-order chi connectivity index (χ0) is 26.9. The van der Waals surface area contributed by atoms with Crippen LogP contribution in [0.5, 0.6) is 0 Å². The van der Waals surface area contributed by atoms with Crippen LogP contribution in [0.1, 0.15) is 123 Å². The third-order valence-electron chi connectivity index (χ3n) is 5.76. The lowest BCUT2D eigenvalue weighted by atomic mass is 10.0. The third kappa shape index (κ3) is 24.7. The highest BCUT2D eigenvalue weighted by Gasteiger charge is 2.23. The van der Waals surface area contributed by atoms with Crippen LogP contribution in [0.2, 0.25) is 0 Å². The minimum atomic E-state index is -4.37. The van der Waals surface area contributed by atoms with E-state index < -0.39 is 26.5 Å². The number of phosphoric ester groups is 1. The Kier molecular flexibility index (Phi) is 23.7. The lowest BCUT2D eigenvalue weighted by molar-refractivity contribution is -0.147. The number of hydrogen-bond donors (Lipinski definition) is 3. The van der Waals surface area contributed by atoms with Gasteiger partial charge in [0.1, 0.15) is 12.7 Å². The molecule has 0 saturated heterocycles. The van der Waals surface area contributed by atoms with Crippen LogP contribution in [-0.2, 0) is 27.9 Å². The fraction of sp³-hybridized carbons (Fsp3) is 0.923. The summed E-state index contributed by atoms with van der Waals surface area (Å²) in [5.41, 5.74) is 0. The average molecular weight is 538 g/mol. The van der Waals surface area contributed by atoms with Gasteiger partial charge in [-0.15, -0.1) is 0 Å². The number of aliphatic hydroxyl groups is 1. The molecule has 0 rings (SSSR count). The number of carbonyl (C=O) groups excluding carboxylic acids is 2. The van der Waals surface area contributed by atoms with E-state index >= 15 is 0 Å². The molecule has 3 N–H and O–H groups in total. The van der Waals surface area contributed by atoms with Crippen molar-refractivity contribution < 1.29 is 37.9 Å². The molecule has 0 radical (unpaired) electrons. The van der Waals surface area contributed by atoms with E-state index in [-0.39, 0.29) is 32.1 Å². The van der Waals surface area contributed by atoms with Crippen molar-refractivity contribution in [1.29, 1.82) is 0 Å². The number of nitrogens with one attached hydrogen (secondary N) is 1. The molecule has 0 aliphatic carbocycles. The molecule has 0 aromatic carbocycles. The number of phosphoric acid groups is 1. The van der Waals surface area contributed by atoms with Gasteiger partial charge in [-0.05, 0) is 12.8 Å². The molecule has 0 bridgehead atoms. The van der Waals surface area contributed by atoms with Crippen LogP contribution < -0.4 is 5.32 Å². The normalized spacial score (nSPS) is 13.8. The second-order valence-electron chi connectivity index (χ2n) is 9.38. The van der Waals surface area contributed by atoms with E-state index in [9.17, 15) is 24.2 Å². The lowest BCUT2D eigenvalue weighted by Gasteiger charge is -2.15. The number of esters is 1. The molecular formula is C26H52NO8P. The first-order chi connectivity index (χ1) is 17.3. The van der Waals surface area contributed by atoms with E-state index in [2.05, 4.69) is 16.8 Å². The van der Waals surface area contributed by atoms with Crippen molar-refractivity contribution in [2.45, 2.75) is 129 Å². The van der Waals surface area contributed by atoms with E-state index in [1.807, 2.05) is 6.92 Å². The van der Waals surface area contributed by atoms with Gasteiger partial charge < -0.3 is 20.1 Å². The summed E-state index contributed by atoms with van der Waals surface area (Å²) in [4.78, 5) is 32.7. The highest BCUT2D eigenvalue weighted by atomic mass is 31.2. The molecule has 0 spiro atoms. The molecule has 214 valence electrons. The maximum absolute atomic E-state index is 11.9. The number of aliphatic hydroxyl groups excluding tert-OH is 1. The maximum Gasteiger partial charge on any atom is 0.472 e. The summed E-state index contributed by atoms with van der Waals surface area (Å²) in [6.07, 6.45) is 17.7. The summed E-state index contributed by atoms with van der Waals surface area (Å²) in [5, 5.41) is 12.3. The summed E-state index contributed by atoms with van der Waals surface area (Å²) in [7, 11) is -4.37. The Balaban J connectivity index is 3.54. The molecule has 0 heterocycles. The van der Waals surface area contributed by atoms with Crippen LogP contribution in [0.25, 0.3) is 0 Å². The van der Waals surface area contributed by atoms with Gasteiger partial charge in [0.25, 0.3) is 0 Å². The Morgan fingerprint density at radius 3 is 1.81 bits per heavy atom.